The van der Waals surface area contributed by atoms with E-state index in [4.69, 9.17) is 0 Å². The van der Waals surface area contributed by atoms with Crippen molar-refractivity contribution in [2.24, 2.45) is 0 Å². The van der Waals surface area contributed by atoms with Gasteiger partial charge >= 0.3 is 0 Å². The number of aromatic nitrogens is 1. The van der Waals surface area contributed by atoms with Crippen LogP contribution in [-0.2, 0) is 21.4 Å². The summed E-state index contributed by atoms with van der Waals surface area (Å²) in [5, 5.41) is 2.59. The first kappa shape index (κ1) is 20.3. The molecule has 0 spiro atoms. The van der Waals surface area contributed by atoms with Crippen molar-refractivity contribution < 1.29 is 13.2 Å². The van der Waals surface area contributed by atoms with Gasteiger partial charge in [-0.15, -0.1) is 0 Å². The van der Waals surface area contributed by atoms with Crippen LogP contribution in [0.3, 0.4) is 0 Å². The third-order valence-electron chi connectivity index (χ3n) is 3.63. The highest BCUT2D eigenvalue weighted by Crippen LogP contribution is 2.16. The fourth-order valence-corrected chi connectivity index (χ4v) is 4.04. The zero-order valence-electron chi connectivity index (χ0n) is 14.5. The number of hydrogen-bond donors (Lipinski definition) is 2. The molecule has 9 heteroatoms. The molecule has 0 atom stereocenters. The Hall–Kier alpha value is -1.97. The fraction of sp³-hybridized carbons (Fsp3) is 0.294. The maximum atomic E-state index is 12.3. The van der Waals surface area contributed by atoms with Gasteiger partial charge in [-0.05, 0) is 53.0 Å². The van der Waals surface area contributed by atoms with Crippen LogP contribution >= 0.6 is 15.9 Å². The molecule has 0 aliphatic heterocycles. The van der Waals surface area contributed by atoms with Crippen molar-refractivity contribution in [3.8, 4) is 0 Å². The lowest BCUT2D eigenvalue weighted by Gasteiger charge is -2.11. The molecule has 0 aliphatic carbocycles. The second kappa shape index (κ2) is 8.61. The number of rotatable bonds is 7. The second-order valence-corrected chi connectivity index (χ2v) is 8.48. The zero-order chi connectivity index (χ0) is 19.3. The van der Waals surface area contributed by atoms with Gasteiger partial charge in [-0.1, -0.05) is 12.1 Å². The van der Waals surface area contributed by atoms with Gasteiger partial charge in [0.1, 0.15) is 6.54 Å². The molecule has 0 saturated carbocycles. The Morgan fingerprint density at radius 3 is 2.62 bits per heavy atom. The first-order valence-electron chi connectivity index (χ1n) is 7.88. The Morgan fingerprint density at radius 1 is 1.15 bits per heavy atom. The van der Waals surface area contributed by atoms with Crippen molar-refractivity contribution in [3.63, 3.8) is 0 Å². The molecule has 1 heterocycles. The first-order valence-corrected chi connectivity index (χ1v) is 10.2. The van der Waals surface area contributed by atoms with Gasteiger partial charge in [0.15, 0.2) is 0 Å². The number of halogens is 1. The van der Waals surface area contributed by atoms with E-state index in [2.05, 4.69) is 26.0 Å². The topological polar surface area (TPSA) is 97.3 Å². The molecule has 0 aliphatic rings. The molecule has 2 rings (SSSR count). The van der Waals surface area contributed by atoms with Gasteiger partial charge in [-0.3, -0.25) is 9.59 Å². The average molecular weight is 442 g/mol. The van der Waals surface area contributed by atoms with Gasteiger partial charge in [0.05, 0.1) is 4.90 Å². The minimum atomic E-state index is -3.65. The number of carbonyl (C=O) groups excluding carboxylic acids is 1. The van der Waals surface area contributed by atoms with Crippen LogP contribution in [0, 0.1) is 13.8 Å². The summed E-state index contributed by atoms with van der Waals surface area (Å²) in [6.45, 7) is 3.58. The second-order valence-electron chi connectivity index (χ2n) is 5.83. The highest BCUT2D eigenvalue weighted by atomic mass is 79.9. The van der Waals surface area contributed by atoms with Crippen LogP contribution in [0.15, 0.2) is 50.7 Å². The summed E-state index contributed by atoms with van der Waals surface area (Å²) in [6, 6.07) is 8.16. The lowest BCUT2D eigenvalue weighted by molar-refractivity contribution is -0.121. The summed E-state index contributed by atoms with van der Waals surface area (Å²) in [5.41, 5.74) is 1.21. The largest absolute Gasteiger partial charge is 0.353 e. The predicted octanol–water partition coefficient (Wildman–Crippen LogP) is 1.32. The monoisotopic (exact) mass is 441 g/mol. The van der Waals surface area contributed by atoms with Crippen LogP contribution < -0.4 is 15.6 Å². The maximum absolute atomic E-state index is 12.3. The van der Waals surface area contributed by atoms with Crippen molar-refractivity contribution in [2.45, 2.75) is 25.3 Å². The Bertz CT molecular complexity index is 970. The molecule has 2 aromatic rings. The maximum Gasteiger partial charge on any atom is 0.251 e. The molecular formula is C17H20BrN3O4S. The Morgan fingerprint density at radius 2 is 1.88 bits per heavy atom. The summed E-state index contributed by atoms with van der Waals surface area (Å²) < 4.78 is 29.1. The molecule has 1 aromatic heterocycles. The number of nitrogens with zero attached hydrogens (tertiary/aromatic N) is 1. The van der Waals surface area contributed by atoms with Crippen molar-refractivity contribution in [1.29, 1.82) is 0 Å². The van der Waals surface area contributed by atoms with Crippen LogP contribution in [0.4, 0.5) is 0 Å². The number of benzene rings is 1. The normalized spacial score (nSPS) is 11.3. The number of nitrogens with one attached hydrogen (secondary N) is 2. The van der Waals surface area contributed by atoms with Gasteiger partial charge < -0.3 is 9.88 Å². The van der Waals surface area contributed by atoms with Crippen LogP contribution in [0.2, 0.25) is 0 Å². The van der Waals surface area contributed by atoms with Crippen molar-refractivity contribution in [3.05, 3.63) is 62.5 Å². The molecular weight excluding hydrogens is 422 g/mol. The Labute approximate surface area is 160 Å². The van der Waals surface area contributed by atoms with Gasteiger partial charge in [0.25, 0.3) is 5.56 Å². The van der Waals surface area contributed by atoms with Gasteiger partial charge in [-0.25, -0.2) is 13.1 Å². The van der Waals surface area contributed by atoms with Crippen LogP contribution in [0.25, 0.3) is 0 Å². The number of aryl methyl sites for hydroxylation is 2. The Kier molecular flexibility index (Phi) is 6.74. The van der Waals surface area contributed by atoms with Crippen molar-refractivity contribution >= 4 is 31.9 Å². The van der Waals surface area contributed by atoms with E-state index in [9.17, 15) is 18.0 Å². The van der Waals surface area contributed by atoms with Gasteiger partial charge in [0, 0.05) is 29.8 Å². The number of carbonyl (C=O) groups is 1. The lowest BCUT2D eigenvalue weighted by Crippen LogP contribution is -2.37. The van der Waals surface area contributed by atoms with E-state index < -0.39 is 10.0 Å². The number of pyridine rings is 1. The third-order valence-corrected chi connectivity index (χ3v) is 5.71. The van der Waals surface area contributed by atoms with Crippen molar-refractivity contribution in [1.82, 2.24) is 14.6 Å². The minimum absolute atomic E-state index is 0.0504. The quantitative estimate of drug-likeness (QED) is 0.633. The van der Waals surface area contributed by atoms with E-state index in [1.165, 1.54) is 16.8 Å². The fourth-order valence-electron chi connectivity index (χ4n) is 2.30. The average Bonchev–Trinajstić information content (AvgIpc) is 2.57. The van der Waals surface area contributed by atoms with Crippen LogP contribution in [0.1, 0.15) is 11.1 Å². The van der Waals surface area contributed by atoms with E-state index in [0.29, 0.717) is 10.0 Å². The lowest BCUT2D eigenvalue weighted by atomic mass is 10.2. The minimum Gasteiger partial charge on any atom is -0.353 e. The van der Waals surface area contributed by atoms with Gasteiger partial charge in [0.2, 0.25) is 15.9 Å². The van der Waals surface area contributed by atoms with Crippen LogP contribution in [0.5, 0.6) is 0 Å². The molecule has 0 radical (unpaired) electrons. The molecule has 0 saturated heterocycles. The number of sulfonamides is 1. The predicted molar refractivity (Wildman–Crippen MR) is 103 cm³/mol. The highest BCUT2D eigenvalue weighted by molar-refractivity contribution is 9.10. The molecule has 0 bridgehead atoms. The number of amides is 1. The first-order chi connectivity index (χ1) is 12.2. The SMILES string of the molecule is Cc1ccc(C)c(S(=O)(=O)NCCNC(=O)Cn2cc(Br)ccc2=O)c1. The Balaban J connectivity index is 1.88. The van der Waals surface area contributed by atoms with E-state index in [1.54, 1.807) is 25.1 Å². The summed E-state index contributed by atoms with van der Waals surface area (Å²) >= 11 is 3.24. The van der Waals surface area contributed by atoms with E-state index in [1.807, 2.05) is 13.0 Å². The molecule has 0 unspecified atom stereocenters. The van der Waals surface area contributed by atoms with Crippen molar-refractivity contribution in [2.75, 3.05) is 13.1 Å². The summed E-state index contributed by atoms with van der Waals surface area (Å²) in [5.74, 6) is -0.379. The zero-order valence-corrected chi connectivity index (χ0v) is 16.9. The number of hydrogen-bond acceptors (Lipinski definition) is 4. The van der Waals surface area contributed by atoms with Gasteiger partial charge in [-0.2, -0.15) is 0 Å². The molecule has 140 valence electrons. The summed E-state index contributed by atoms with van der Waals surface area (Å²) in [7, 11) is -3.65. The van der Waals surface area contributed by atoms with E-state index in [0.717, 1.165) is 5.56 Å². The molecule has 0 fully saturated rings. The van der Waals surface area contributed by atoms with Crippen LogP contribution in [-0.4, -0.2) is 32.0 Å². The molecule has 1 aromatic carbocycles. The standard InChI is InChI=1S/C17H20BrN3O4S/c1-12-3-4-13(2)15(9-12)26(24,25)20-8-7-19-16(22)11-21-10-14(18)5-6-17(21)23/h3-6,9-10,20H,7-8,11H2,1-2H3,(H,19,22). The smallest absolute Gasteiger partial charge is 0.251 e. The summed E-state index contributed by atoms with van der Waals surface area (Å²) in [6.07, 6.45) is 1.52. The summed E-state index contributed by atoms with van der Waals surface area (Å²) in [4.78, 5) is 23.8. The molecule has 7 nitrogen and oxygen atoms in total. The molecule has 1 amide bonds. The van der Waals surface area contributed by atoms with E-state index >= 15 is 0 Å². The highest BCUT2D eigenvalue weighted by Gasteiger charge is 2.16. The van der Waals surface area contributed by atoms with E-state index in [-0.39, 0.29) is 36.0 Å². The molecule has 26 heavy (non-hydrogen) atoms. The third kappa shape index (κ3) is 5.52. The molecule has 2 N–H and O–H groups in total.